The predicted molar refractivity (Wildman–Crippen MR) is 77.6 cm³/mol. The van der Waals surface area contributed by atoms with Crippen LogP contribution in [0.15, 0.2) is 18.2 Å². The Morgan fingerprint density at radius 3 is 2.52 bits per heavy atom. The van der Waals surface area contributed by atoms with Gasteiger partial charge in [-0.3, -0.25) is 0 Å². The number of carbonyl (C=O) groups is 2. The van der Waals surface area contributed by atoms with E-state index in [0.717, 1.165) is 0 Å². The summed E-state index contributed by atoms with van der Waals surface area (Å²) < 4.78 is 5.01. The van der Waals surface area contributed by atoms with Crippen molar-refractivity contribution in [3.63, 3.8) is 0 Å². The van der Waals surface area contributed by atoms with Crippen LogP contribution < -0.4 is 5.32 Å². The van der Waals surface area contributed by atoms with Crippen LogP contribution in [-0.4, -0.2) is 33.9 Å². The van der Waals surface area contributed by atoms with Gasteiger partial charge in [0.05, 0.1) is 0 Å². The van der Waals surface area contributed by atoms with Crippen molar-refractivity contribution in [1.82, 2.24) is 5.32 Å². The Labute approximate surface area is 127 Å². The van der Waals surface area contributed by atoms with Crippen molar-refractivity contribution < 1.29 is 24.5 Å². The van der Waals surface area contributed by atoms with Crippen LogP contribution in [0.2, 0.25) is 5.02 Å². The molecule has 0 bridgehead atoms. The number of benzene rings is 1. The second-order valence-electron chi connectivity index (χ2n) is 5.52. The summed E-state index contributed by atoms with van der Waals surface area (Å²) >= 11 is 5.94. The molecule has 1 atom stereocenters. The van der Waals surface area contributed by atoms with Crippen LogP contribution in [0.25, 0.3) is 0 Å². The van der Waals surface area contributed by atoms with Crippen molar-refractivity contribution in [3.8, 4) is 5.75 Å². The van der Waals surface area contributed by atoms with Crippen molar-refractivity contribution in [2.75, 3.05) is 0 Å². The number of hydrogen-bond donors (Lipinski definition) is 3. The van der Waals surface area contributed by atoms with E-state index in [1.807, 2.05) is 0 Å². The molecule has 0 aliphatic carbocycles. The number of alkyl carbamates (subject to hydrolysis) is 1. The number of aromatic hydroxyl groups is 1. The molecule has 0 heterocycles. The maximum Gasteiger partial charge on any atom is 0.408 e. The number of aliphatic carboxylic acids is 1. The van der Waals surface area contributed by atoms with Gasteiger partial charge >= 0.3 is 12.1 Å². The summed E-state index contributed by atoms with van der Waals surface area (Å²) in [7, 11) is 0. The third kappa shape index (κ3) is 5.91. The first-order valence-corrected chi connectivity index (χ1v) is 6.66. The summed E-state index contributed by atoms with van der Waals surface area (Å²) in [5.41, 5.74) is -0.310. The molecule has 21 heavy (non-hydrogen) atoms. The van der Waals surface area contributed by atoms with E-state index in [-0.39, 0.29) is 12.2 Å². The van der Waals surface area contributed by atoms with Gasteiger partial charge in [-0.15, -0.1) is 0 Å². The first-order chi connectivity index (χ1) is 9.58. The molecule has 1 aromatic carbocycles. The van der Waals surface area contributed by atoms with E-state index in [0.29, 0.717) is 10.6 Å². The number of halogens is 1. The van der Waals surface area contributed by atoms with Crippen LogP contribution in [-0.2, 0) is 16.0 Å². The number of rotatable bonds is 4. The normalized spacial score (nSPS) is 12.6. The molecule has 6 nitrogen and oxygen atoms in total. The van der Waals surface area contributed by atoms with Crippen molar-refractivity contribution >= 4 is 23.7 Å². The number of carboxylic acid groups (broad SMARTS) is 1. The van der Waals surface area contributed by atoms with E-state index in [9.17, 15) is 14.7 Å². The molecular formula is C14H18ClNO5. The van der Waals surface area contributed by atoms with Crippen LogP contribution in [0.1, 0.15) is 26.3 Å². The molecule has 1 rings (SSSR count). The molecule has 0 aliphatic rings. The van der Waals surface area contributed by atoms with Crippen LogP contribution in [0.3, 0.4) is 0 Å². The summed E-state index contributed by atoms with van der Waals surface area (Å²) in [5.74, 6) is -1.25. The Morgan fingerprint density at radius 2 is 2.00 bits per heavy atom. The minimum Gasteiger partial charge on any atom is -0.508 e. The third-order valence-corrected chi connectivity index (χ3v) is 2.81. The molecule has 0 unspecified atom stereocenters. The van der Waals surface area contributed by atoms with Crippen LogP contribution in [0, 0.1) is 0 Å². The van der Waals surface area contributed by atoms with Gasteiger partial charge in [0.2, 0.25) is 0 Å². The zero-order chi connectivity index (χ0) is 16.2. The van der Waals surface area contributed by atoms with Crippen molar-refractivity contribution in [1.29, 1.82) is 0 Å². The fourth-order valence-corrected chi connectivity index (χ4v) is 1.78. The Balaban J connectivity index is 2.81. The SMILES string of the molecule is CC(C)(C)OC(=O)N[C@@H](Cc1cc(O)ccc1Cl)C(=O)O. The van der Waals surface area contributed by atoms with Crippen LogP contribution >= 0.6 is 11.6 Å². The van der Waals surface area contributed by atoms with E-state index in [1.165, 1.54) is 18.2 Å². The largest absolute Gasteiger partial charge is 0.508 e. The van der Waals surface area contributed by atoms with Crippen LogP contribution in [0.4, 0.5) is 4.79 Å². The van der Waals surface area contributed by atoms with Crippen LogP contribution in [0.5, 0.6) is 5.75 Å². The van der Waals surface area contributed by atoms with Gasteiger partial charge in [-0.2, -0.15) is 0 Å². The molecule has 0 saturated heterocycles. The Morgan fingerprint density at radius 1 is 1.38 bits per heavy atom. The highest BCUT2D eigenvalue weighted by Crippen LogP contribution is 2.22. The average Bonchev–Trinajstić information content (AvgIpc) is 2.30. The number of nitrogens with one attached hydrogen (secondary N) is 1. The minimum absolute atomic E-state index is 0.0317. The highest BCUT2D eigenvalue weighted by atomic mass is 35.5. The van der Waals surface area contributed by atoms with Gasteiger partial charge in [0.1, 0.15) is 17.4 Å². The molecule has 0 aliphatic heterocycles. The fourth-order valence-electron chi connectivity index (χ4n) is 1.59. The summed E-state index contributed by atoms with van der Waals surface area (Å²) in [6.45, 7) is 5.03. The quantitative estimate of drug-likeness (QED) is 0.793. The van der Waals surface area contributed by atoms with Gasteiger partial charge in [0, 0.05) is 11.4 Å². The van der Waals surface area contributed by atoms with E-state index in [4.69, 9.17) is 21.4 Å². The number of carbonyl (C=O) groups excluding carboxylic acids is 1. The van der Waals surface area contributed by atoms with E-state index in [2.05, 4.69) is 5.32 Å². The van der Waals surface area contributed by atoms with E-state index in [1.54, 1.807) is 20.8 Å². The molecule has 1 amide bonds. The molecule has 116 valence electrons. The van der Waals surface area contributed by atoms with Gasteiger partial charge in [-0.1, -0.05) is 11.6 Å². The second-order valence-corrected chi connectivity index (χ2v) is 5.92. The summed E-state index contributed by atoms with van der Waals surface area (Å²) in [5, 5.41) is 21.1. The van der Waals surface area contributed by atoms with Gasteiger partial charge in [0.25, 0.3) is 0 Å². The first kappa shape index (κ1) is 17.1. The molecule has 0 radical (unpaired) electrons. The van der Waals surface area contributed by atoms with Gasteiger partial charge in [-0.05, 0) is 44.5 Å². The Kier molecular flexibility index (Phi) is 5.43. The van der Waals surface area contributed by atoms with Crippen molar-refractivity contribution in [3.05, 3.63) is 28.8 Å². The molecular weight excluding hydrogens is 298 g/mol. The van der Waals surface area contributed by atoms with Crippen molar-refractivity contribution in [2.45, 2.75) is 38.8 Å². The number of phenolic OH excluding ortho intramolecular Hbond substituents is 1. The lowest BCUT2D eigenvalue weighted by Crippen LogP contribution is -2.44. The maximum atomic E-state index is 11.6. The van der Waals surface area contributed by atoms with E-state index >= 15 is 0 Å². The number of ether oxygens (including phenoxy) is 1. The number of phenols is 1. The van der Waals surface area contributed by atoms with Gasteiger partial charge < -0.3 is 20.3 Å². The minimum atomic E-state index is -1.22. The van der Waals surface area contributed by atoms with E-state index < -0.39 is 23.7 Å². The lowest BCUT2D eigenvalue weighted by atomic mass is 10.1. The highest BCUT2D eigenvalue weighted by molar-refractivity contribution is 6.31. The monoisotopic (exact) mass is 315 g/mol. The molecule has 0 fully saturated rings. The smallest absolute Gasteiger partial charge is 0.408 e. The number of amides is 1. The highest BCUT2D eigenvalue weighted by Gasteiger charge is 2.25. The summed E-state index contributed by atoms with van der Waals surface area (Å²) in [6.07, 6.45) is -0.895. The van der Waals surface area contributed by atoms with Crippen molar-refractivity contribution in [2.24, 2.45) is 0 Å². The fraction of sp³-hybridized carbons (Fsp3) is 0.429. The zero-order valence-electron chi connectivity index (χ0n) is 12.0. The summed E-state index contributed by atoms with van der Waals surface area (Å²) in [4.78, 5) is 22.9. The average molecular weight is 316 g/mol. The molecule has 0 aromatic heterocycles. The van der Waals surface area contributed by atoms with Gasteiger partial charge in [0.15, 0.2) is 0 Å². The third-order valence-electron chi connectivity index (χ3n) is 2.44. The summed E-state index contributed by atoms with van der Waals surface area (Å²) in [6, 6.07) is 3.00. The number of hydrogen-bond acceptors (Lipinski definition) is 4. The Bertz CT molecular complexity index is 539. The lowest BCUT2D eigenvalue weighted by Gasteiger charge is -2.22. The molecule has 0 saturated carbocycles. The standard InChI is InChI=1S/C14H18ClNO5/c1-14(2,3)21-13(20)16-11(12(18)19)7-8-6-9(17)4-5-10(8)15/h4-6,11,17H,7H2,1-3H3,(H,16,20)(H,18,19)/t11-/m0/s1. The lowest BCUT2D eigenvalue weighted by molar-refractivity contribution is -0.139. The topological polar surface area (TPSA) is 95.9 Å². The Hall–Kier alpha value is -1.95. The predicted octanol–water partition coefficient (Wildman–Crippen LogP) is 2.57. The first-order valence-electron chi connectivity index (χ1n) is 6.28. The maximum absolute atomic E-state index is 11.6. The zero-order valence-corrected chi connectivity index (χ0v) is 12.8. The molecule has 3 N–H and O–H groups in total. The molecule has 7 heteroatoms. The van der Waals surface area contributed by atoms with Gasteiger partial charge in [-0.25, -0.2) is 9.59 Å². The molecule has 1 aromatic rings. The number of carboxylic acids is 1. The molecule has 0 spiro atoms. The second kappa shape index (κ2) is 6.67.